The number of benzene rings is 1. The lowest BCUT2D eigenvalue weighted by molar-refractivity contribution is 0.100. The van der Waals surface area contributed by atoms with Crippen LogP contribution in [0.2, 0.25) is 0 Å². The summed E-state index contributed by atoms with van der Waals surface area (Å²) in [5, 5.41) is 0. The lowest BCUT2D eigenvalue weighted by Gasteiger charge is -1.92. The summed E-state index contributed by atoms with van der Waals surface area (Å²) in [5.74, 6) is -0.158. The SMILES string of the molecule is CCCC=NC(=O)c1ccccc1. The molecule has 0 saturated heterocycles. The van der Waals surface area contributed by atoms with Crippen LogP contribution in [0.4, 0.5) is 0 Å². The van der Waals surface area contributed by atoms with E-state index in [1.807, 2.05) is 18.2 Å². The molecule has 0 saturated carbocycles. The smallest absolute Gasteiger partial charge is 0.267 e. The molecule has 0 aliphatic carbocycles. The molecule has 2 heteroatoms. The largest absolute Gasteiger partial charge is 0.276 e. The molecule has 0 fully saturated rings. The van der Waals surface area contributed by atoms with Crippen LogP contribution in [-0.4, -0.2) is 12.1 Å². The first kappa shape index (κ1) is 9.65. The van der Waals surface area contributed by atoms with E-state index in [1.165, 1.54) is 0 Å². The second kappa shape index (κ2) is 5.25. The van der Waals surface area contributed by atoms with Gasteiger partial charge >= 0.3 is 0 Å². The first-order valence-electron chi connectivity index (χ1n) is 4.46. The topological polar surface area (TPSA) is 29.4 Å². The number of carbonyl (C=O) groups is 1. The zero-order chi connectivity index (χ0) is 9.52. The van der Waals surface area contributed by atoms with Gasteiger partial charge in [-0.15, -0.1) is 0 Å². The summed E-state index contributed by atoms with van der Waals surface area (Å²) in [4.78, 5) is 15.1. The summed E-state index contributed by atoms with van der Waals surface area (Å²) >= 11 is 0. The van der Waals surface area contributed by atoms with Gasteiger partial charge in [0.15, 0.2) is 0 Å². The Labute approximate surface area is 78.3 Å². The van der Waals surface area contributed by atoms with E-state index in [1.54, 1.807) is 18.3 Å². The quantitative estimate of drug-likeness (QED) is 0.649. The van der Waals surface area contributed by atoms with Crippen molar-refractivity contribution in [3.63, 3.8) is 0 Å². The molecule has 0 spiro atoms. The zero-order valence-corrected chi connectivity index (χ0v) is 7.73. The molecule has 0 bridgehead atoms. The second-order valence-corrected chi connectivity index (χ2v) is 2.77. The van der Waals surface area contributed by atoms with Crippen molar-refractivity contribution < 1.29 is 4.79 Å². The summed E-state index contributed by atoms with van der Waals surface area (Å²) in [7, 11) is 0. The number of rotatable bonds is 3. The Balaban J connectivity index is 2.59. The van der Waals surface area contributed by atoms with Crippen molar-refractivity contribution in [1.29, 1.82) is 0 Å². The molecule has 0 N–H and O–H groups in total. The van der Waals surface area contributed by atoms with Crippen LogP contribution in [0.15, 0.2) is 35.3 Å². The molecule has 0 aliphatic heterocycles. The molecule has 0 radical (unpaired) electrons. The molecule has 0 aromatic heterocycles. The third-order valence-electron chi connectivity index (χ3n) is 1.65. The molecule has 1 amide bonds. The number of nitrogens with zero attached hydrogens (tertiary/aromatic N) is 1. The minimum Gasteiger partial charge on any atom is -0.267 e. The summed E-state index contributed by atoms with van der Waals surface area (Å²) < 4.78 is 0. The third kappa shape index (κ3) is 3.20. The van der Waals surface area contributed by atoms with Gasteiger partial charge in [-0.3, -0.25) is 4.79 Å². The fourth-order valence-corrected chi connectivity index (χ4v) is 0.932. The first-order chi connectivity index (χ1) is 6.34. The van der Waals surface area contributed by atoms with Crippen LogP contribution < -0.4 is 0 Å². The molecule has 1 aromatic carbocycles. The van der Waals surface area contributed by atoms with Crippen LogP contribution in [-0.2, 0) is 0 Å². The van der Waals surface area contributed by atoms with Crippen molar-refractivity contribution in [3.05, 3.63) is 35.9 Å². The van der Waals surface area contributed by atoms with Gasteiger partial charge in [0.1, 0.15) is 0 Å². The van der Waals surface area contributed by atoms with Crippen molar-refractivity contribution >= 4 is 12.1 Å². The Bertz CT molecular complexity index is 290. The van der Waals surface area contributed by atoms with Crippen molar-refractivity contribution in [3.8, 4) is 0 Å². The maximum Gasteiger partial charge on any atom is 0.276 e. The minimum atomic E-state index is -0.158. The molecule has 2 nitrogen and oxygen atoms in total. The van der Waals surface area contributed by atoms with Gasteiger partial charge < -0.3 is 0 Å². The summed E-state index contributed by atoms with van der Waals surface area (Å²) in [6, 6.07) is 9.09. The Hall–Kier alpha value is -1.44. The van der Waals surface area contributed by atoms with Crippen LogP contribution in [0.3, 0.4) is 0 Å². The standard InChI is InChI=1S/C11H13NO/c1-2-3-9-12-11(13)10-7-5-4-6-8-10/h4-9H,2-3H2,1H3. The zero-order valence-electron chi connectivity index (χ0n) is 7.73. The molecule has 0 atom stereocenters. The monoisotopic (exact) mass is 175 g/mol. The fourth-order valence-electron chi connectivity index (χ4n) is 0.932. The molecule has 68 valence electrons. The molecule has 1 rings (SSSR count). The van der Waals surface area contributed by atoms with E-state index in [0.29, 0.717) is 5.56 Å². The van der Waals surface area contributed by atoms with E-state index < -0.39 is 0 Å². The molecule has 0 heterocycles. The predicted molar refractivity (Wildman–Crippen MR) is 54.2 cm³/mol. The van der Waals surface area contributed by atoms with Crippen molar-refractivity contribution in [2.24, 2.45) is 4.99 Å². The van der Waals surface area contributed by atoms with Gasteiger partial charge in [-0.2, -0.15) is 0 Å². The van der Waals surface area contributed by atoms with Crippen LogP contribution in [0.25, 0.3) is 0 Å². The van der Waals surface area contributed by atoms with Crippen LogP contribution >= 0.6 is 0 Å². The van der Waals surface area contributed by atoms with Gasteiger partial charge in [-0.05, 0) is 18.6 Å². The number of amides is 1. The number of unbranched alkanes of at least 4 members (excludes halogenated alkanes) is 1. The number of aliphatic imine (C=N–C) groups is 1. The van der Waals surface area contributed by atoms with Crippen LogP contribution in [0.1, 0.15) is 30.1 Å². The van der Waals surface area contributed by atoms with Gasteiger partial charge in [-0.25, -0.2) is 4.99 Å². The Morgan fingerprint density at radius 2 is 2.08 bits per heavy atom. The highest BCUT2D eigenvalue weighted by atomic mass is 16.1. The average Bonchev–Trinajstić information content (AvgIpc) is 2.19. The normalized spacial score (nSPS) is 10.5. The molecule has 13 heavy (non-hydrogen) atoms. The summed E-state index contributed by atoms with van der Waals surface area (Å²) in [5.41, 5.74) is 0.648. The Morgan fingerprint density at radius 1 is 1.38 bits per heavy atom. The molecular weight excluding hydrogens is 162 g/mol. The van der Waals surface area contributed by atoms with Crippen molar-refractivity contribution in [2.75, 3.05) is 0 Å². The molecular formula is C11H13NO. The molecule has 0 unspecified atom stereocenters. The lowest BCUT2D eigenvalue weighted by Crippen LogP contribution is -1.94. The Kier molecular flexibility index (Phi) is 3.89. The minimum absolute atomic E-state index is 0.158. The molecule has 1 aromatic rings. The highest BCUT2D eigenvalue weighted by Gasteiger charge is 1.99. The van der Waals surface area contributed by atoms with Crippen LogP contribution in [0.5, 0.6) is 0 Å². The maximum absolute atomic E-state index is 11.3. The summed E-state index contributed by atoms with van der Waals surface area (Å²) in [6.07, 6.45) is 3.56. The number of hydrogen-bond donors (Lipinski definition) is 0. The highest BCUT2D eigenvalue weighted by Crippen LogP contribution is 2.00. The van der Waals surface area contributed by atoms with E-state index in [-0.39, 0.29) is 5.91 Å². The van der Waals surface area contributed by atoms with Gasteiger partial charge in [-0.1, -0.05) is 31.5 Å². The van der Waals surface area contributed by atoms with E-state index in [9.17, 15) is 4.79 Å². The van der Waals surface area contributed by atoms with E-state index >= 15 is 0 Å². The van der Waals surface area contributed by atoms with Crippen LogP contribution in [0, 0.1) is 0 Å². The fraction of sp³-hybridized carbons (Fsp3) is 0.273. The number of carbonyl (C=O) groups excluding carboxylic acids is 1. The van der Waals surface area contributed by atoms with Crippen molar-refractivity contribution in [1.82, 2.24) is 0 Å². The summed E-state index contributed by atoms with van der Waals surface area (Å²) in [6.45, 7) is 2.05. The van der Waals surface area contributed by atoms with Gasteiger partial charge in [0.2, 0.25) is 0 Å². The first-order valence-corrected chi connectivity index (χ1v) is 4.46. The van der Waals surface area contributed by atoms with Gasteiger partial charge in [0.25, 0.3) is 5.91 Å². The molecule has 0 aliphatic rings. The van der Waals surface area contributed by atoms with E-state index in [0.717, 1.165) is 12.8 Å². The maximum atomic E-state index is 11.3. The lowest BCUT2D eigenvalue weighted by atomic mass is 10.2. The van der Waals surface area contributed by atoms with E-state index in [2.05, 4.69) is 11.9 Å². The van der Waals surface area contributed by atoms with Gasteiger partial charge in [0, 0.05) is 11.8 Å². The predicted octanol–water partition coefficient (Wildman–Crippen LogP) is 2.70. The second-order valence-electron chi connectivity index (χ2n) is 2.77. The van der Waals surface area contributed by atoms with Gasteiger partial charge in [0.05, 0.1) is 0 Å². The van der Waals surface area contributed by atoms with Crippen molar-refractivity contribution in [2.45, 2.75) is 19.8 Å². The highest BCUT2D eigenvalue weighted by molar-refractivity contribution is 5.98. The number of hydrogen-bond acceptors (Lipinski definition) is 1. The third-order valence-corrected chi connectivity index (χ3v) is 1.65. The average molecular weight is 175 g/mol. The van der Waals surface area contributed by atoms with E-state index in [4.69, 9.17) is 0 Å². The Morgan fingerprint density at radius 3 is 2.69 bits per heavy atom.